The van der Waals surface area contributed by atoms with Gasteiger partial charge in [0.25, 0.3) is 0 Å². The molecule has 0 bridgehead atoms. The van der Waals surface area contributed by atoms with Crippen molar-refractivity contribution >= 4 is 11.6 Å². The maximum atomic E-state index is 11.4. The Kier molecular flexibility index (Phi) is 2.24. The number of hydrogen-bond acceptors (Lipinski definition) is 4. The van der Waals surface area contributed by atoms with Crippen LogP contribution >= 0.6 is 0 Å². The predicted molar refractivity (Wildman–Crippen MR) is 55.1 cm³/mol. The van der Waals surface area contributed by atoms with Crippen LogP contribution in [0.4, 0.5) is 5.69 Å². The number of anilines is 1. The summed E-state index contributed by atoms with van der Waals surface area (Å²) in [5.74, 6) is 0.941. The maximum absolute atomic E-state index is 11.4. The number of benzene rings is 1. The number of carbonyl (C=O) groups is 1. The van der Waals surface area contributed by atoms with E-state index in [1.165, 1.54) is 14.2 Å². The van der Waals surface area contributed by atoms with Gasteiger partial charge in [0.2, 0.25) is 5.91 Å². The van der Waals surface area contributed by atoms with Crippen LogP contribution in [0, 0.1) is 0 Å². The second kappa shape index (κ2) is 3.43. The van der Waals surface area contributed by atoms with Crippen LogP contribution in [0.25, 0.3) is 0 Å². The van der Waals surface area contributed by atoms with Gasteiger partial charge >= 0.3 is 0 Å². The van der Waals surface area contributed by atoms with Gasteiger partial charge in [0, 0.05) is 5.56 Å². The van der Waals surface area contributed by atoms with Crippen LogP contribution in [0.2, 0.25) is 0 Å². The molecule has 0 radical (unpaired) electrons. The van der Waals surface area contributed by atoms with Crippen molar-refractivity contribution < 1.29 is 14.3 Å². The molecule has 1 aliphatic rings. The zero-order valence-corrected chi connectivity index (χ0v) is 8.53. The molecule has 1 aromatic rings. The maximum Gasteiger partial charge on any atom is 0.246 e. The summed E-state index contributed by atoms with van der Waals surface area (Å²) in [7, 11) is 3.08. The van der Waals surface area contributed by atoms with Crippen LogP contribution < -0.4 is 20.5 Å². The second-order valence-corrected chi connectivity index (χ2v) is 3.23. The van der Waals surface area contributed by atoms with Crippen LogP contribution in [0.15, 0.2) is 12.1 Å². The standard InChI is InChI=1S/C10H12N2O3/c1-14-5-3-4-6(15-2)9-7(5)8(11)10(13)12-9/h3-4,8H,11H2,1-2H3,(H,12,13). The molecule has 0 fully saturated rings. The monoisotopic (exact) mass is 208 g/mol. The molecule has 5 heteroatoms. The molecule has 80 valence electrons. The fourth-order valence-corrected chi connectivity index (χ4v) is 1.70. The molecule has 1 amide bonds. The van der Waals surface area contributed by atoms with Crippen LogP contribution in [0.1, 0.15) is 11.6 Å². The lowest BCUT2D eigenvalue weighted by atomic mass is 10.1. The minimum Gasteiger partial charge on any atom is -0.496 e. The molecule has 1 atom stereocenters. The first-order chi connectivity index (χ1) is 7.19. The highest BCUT2D eigenvalue weighted by molar-refractivity contribution is 6.05. The third-order valence-electron chi connectivity index (χ3n) is 2.45. The summed E-state index contributed by atoms with van der Waals surface area (Å²) in [4.78, 5) is 11.4. The molecule has 3 N–H and O–H groups in total. The van der Waals surface area contributed by atoms with Crippen molar-refractivity contribution in [3.63, 3.8) is 0 Å². The number of methoxy groups -OCH3 is 2. The van der Waals surface area contributed by atoms with Crippen molar-refractivity contribution in [2.45, 2.75) is 6.04 Å². The largest absolute Gasteiger partial charge is 0.496 e. The lowest BCUT2D eigenvalue weighted by Gasteiger charge is -2.11. The summed E-state index contributed by atoms with van der Waals surface area (Å²) >= 11 is 0. The Morgan fingerprint density at radius 2 is 1.87 bits per heavy atom. The third kappa shape index (κ3) is 1.32. The molecule has 15 heavy (non-hydrogen) atoms. The average Bonchev–Trinajstić information content (AvgIpc) is 2.55. The highest BCUT2D eigenvalue weighted by Gasteiger charge is 2.32. The molecule has 1 unspecified atom stereocenters. The van der Waals surface area contributed by atoms with Crippen LogP contribution in [-0.4, -0.2) is 20.1 Å². The molecular weight excluding hydrogens is 196 g/mol. The molecule has 1 heterocycles. The topological polar surface area (TPSA) is 73.6 Å². The minimum absolute atomic E-state index is 0.243. The van der Waals surface area contributed by atoms with Gasteiger partial charge in [-0.3, -0.25) is 4.79 Å². The van der Waals surface area contributed by atoms with Gasteiger partial charge in [-0.2, -0.15) is 0 Å². The molecule has 0 spiro atoms. The van der Waals surface area contributed by atoms with Crippen molar-refractivity contribution in [1.29, 1.82) is 0 Å². The molecule has 1 aromatic carbocycles. The molecule has 5 nitrogen and oxygen atoms in total. The van der Waals surface area contributed by atoms with E-state index in [1.54, 1.807) is 12.1 Å². The van der Waals surface area contributed by atoms with E-state index in [1.807, 2.05) is 0 Å². The highest BCUT2D eigenvalue weighted by atomic mass is 16.5. The SMILES string of the molecule is COc1ccc(OC)c2c1NC(=O)C2N. The lowest BCUT2D eigenvalue weighted by molar-refractivity contribution is -0.116. The van der Waals surface area contributed by atoms with Crippen LogP contribution in [0.5, 0.6) is 11.5 Å². The van der Waals surface area contributed by atoms with Gasteiger partial charge in [0.05, 0.1) is 19.9 Å². The quantitative estimate of drug-likeness (QED) is 0.748. The summed E-state index contributed by atoms with van der Waals surface area (Å²) in [6.07, 6.45) is 0. The average molecular weight is 208 g/mol. The van der Waals surface area contributed by atoms with E-state index in [2.05, 4.69) is 5.32 Å². The zero-order chi connectivity index (χ0) is 11.0. The summed E-state index contributed by atoms with van der Waals surface area (Å²) in [6.45, 7) is 0. The first-order valence-electron chi connectivity index (χ1n) is 4.50. The minimum atomic E-state index is -0.690. The molecular formula is C10H12N2O3. The number of hydrogen-bond donors (Lipinski definition) is 2. The Balaban J connectivity index is 2.62. The van der Waals surface area contributed by atoms with Gasteiger partial charge in [0.15, 0.2) is 0 Å². The molecule has 1 aliphatic heterocycles. The summed E-state index contributed by atoms with van der Waals surface area (Å²) in [5, 5.41) is 2.67. The molecule has 0 saturated heterocycles. The van der Waals surface area contributed by atoms with Gasteiger partial charge in [-0.25, -0.2) is 0 Å². The number of amides is 1. The number of nitrogens with two attached hydrogens (primary N) is 1. The Labute approximate surface area is 87.2 Å². The molecule has 0 saturated carbocycles. The lowest BCUT2D eigenvalue weighted by Crippen LogP contribution is -2.19. The van der Waals surface area contributed by atoms with Crippen molar-refractivity contribution in [2.75, 3.05) is 19.5 Å². The zero-order valence-electron chi connectivity index (χ0n) is 8.53. The fraction of sp³-hybridized carbons (Fsp3) is 0.300. The van der Waals surface area contributed by atoms with E-state index in [0.29, 0.717) is 22.7 Å². The second-order valence-electron chi connectivity index (χ2n) is 3.23. The number of carbonyl (C=O) groups excluding carboxylic acids is 1. The van der Waals surface area contributed by atoms with Crippen molar-refractivity contribution in [3.05, 3.63) is 17.7 Å². The van der Waals surface area contributed by atoms with E-state index in [-0.39, 0.29) is 5.91 Å². The van der Waals surface area contributed by atoms with E-state index in [4.69, 9.17) is 15.2 Å². The van der Waals surface area contributed by atoms with Gasteiger partial charge in [0.1, 0.15) is 17.5 Å². The Bertz CT molecular complexity index is 417. The van der Waals surface area contributed by atoms with E-state index >= 15 is 0 Å². The van der Waals surface area contributed by atoms with E-state index < -0.39 is 6.04 Å². The summed E-state index contributed by atoms with van der Waals surface area (Å²) in [6, 6.07) is 2.78. The number of fused-ring (bicyclic) bond motifs is 1. The Morgan fingerprint density at radius 3 is 2.47 bits per heavy atom. The van der Waals surface area contributed by atoms with Gasteiger partial charge in [-0.1, -0.05) is 0 Å². The first-order valence-corrected chi connectivity index (χ1v) is 4.50. The third-order valence-corrected chi connectivity index (χ3v) is 2.45. The fourth-order valence-electron chi connectivity index (χ4n) is 1.70. The summed E-state index contributed by atoms with van der Waals surface area (Å²) < 4.78 is 10.3. The van der Waals surface area contributed by atoms with E-state index in [0.717, 1.165) is 0 Å². The van der Waals surface area contributed by atoms with Crippen molar-refractivity contribution in [2.24, 2.45) is 5.73 Å². The van der Waals surface area contributed by atoms with Crippen LogP contribution in [0.3, 0.4) is 0 Å². The first kappa shape index (κ1) is 9.79. The molecule has 0 aliphatic carbocycles. The molecule has 2 rings (SSSR count). The van der Waals surface area contributed by atoms with Crippen molar-refractivity contribution in [1.82, 2.24) is 0 Å². The number of rotatable bonds is 2. The molecule has 0 aromatic heterocycles. The normalized spacial score (nSPS) is 18.3. The van der Waals surface area contributed by atoms with Gasteiger partial charge in [-0.05, 0) is 12.1 Å². The van der Waals surface area contributed by atoms with E-state index in [9.17, 15) is 4.79 Å². The Morgan fingerprint density at radius 1 is 1.27 bits per heavy atom. The Hall–Kier alpha value is -1.75. The van der Waals surface area contributed by atoms with Crippen LogP contribution in [-0.2, 0) is 4.79 Å². The van der Waals surface area contributed by atoms with Gasteiger partial charge < -0.3 is 20.5 Å². The number of ether oxygens (including phenoxy) is 2. The van der Waals surface area contributed by atoms with Gasteiger partial charge in [-0.15, -0.1) is 0 Å². The summed E-state index contributed by atoms with van der Waals surface area (Å²) in [5.41, 5.74) is 7.00. The number of nitrogens with one attached hydrogen (secondary N) is 1. The highest BCUT2D eigenvalue weighted by Crippen LogP contribution is 2.42. The van der Waals surface area contributed by atoms with Crippen molar-refractivity contribution in [3.8, 4) is 11.5 Å². The predicted octanol–water partition coefficient (Wildman–Crippen LogP) is 0.656. The smallest absolute Gasteiger partial charge is 0.246 e.